The van der Waals surface area contributed by atoms with Gasteiger partial charge in [-0.2, -0.15) is 0 Å². The third-order valence-corrected chi connectivity index (χ3v) is 4.89. The van der Waals surface area contributed by atoms with Crippen molar-refractivity contribution in [2.24, 2.45) is 11.3 Å². The molecule has 0 aromatic heterocycles. The molecule has 3 rings (SSSR count). The number of allylic oxidation sites excluding steroid dienone is 4. The molecule has 3 aliphatic rings. The lowest BCUT2D eigenvalue weighted by molar-refractivity contribution is -0.139. The predicted molar refractivity (Wildman–Crippen MR) is 73.1 cm³/mol. The van der Waals surface area contributed by atoms with Gasteiger partial charge < -0.3 is 4.90 Å². The molecule has 18 heavy (non-hydrogen) atoms. The second-order valence-electron chi connectivity index (χ2n) is 6.22. The van der Waals surface area contributed by atoms with Gasteiger partial charge in [0, 0.05) is 19.0 Å². The Balaban J connectivity index is 1.66. The fraction of sp³-hybridized carbons (Fsp3) is 0.688. The van der Waals surface area contributed by atoms with Gasteiger partial charge in [-0.15, -0.1) is 0 Å². The maximum absolute atomic E-state index is 12.5. The van der Waals surface area contributed by atoms with Crippen molar-refractivity contribution in [1.82, 2.24) is 4.90 Å². The molecule has 0 bridgehead atoms. The lowest BCUT2D eigenvalue weighted by Crippen LogP contribution is -2.48. The molecule has 0 saturated carbocycles. The highest BCUT2D eigenvalue weighted by atomic mass is 16.2. The molecule has 0 aromatic rings. The highest BCUT2D eigenvalue weighted by Gasteiger charge is 2.38. The zero-order valence-corrected chi connectivity index (χ0v) is 11.1. The minimum Gasteiger partial charge on any atom is -0.342 e. The van der Waals surface area contributed by atoms with Gasteiger partial charge in [-0.05, 0) is 50.4 Å². The van der Waals surface area contributed by atoms with Crippen LogP contribution in [0.4, 0.5) is 0 Å². The highest BCUT2D eigenvalue weighted by molar-refractivity contribution is 5.79. The van der Waals surface area contributed by atoms with Gasteiger partial charge >= 0.3 is 0 Å². The maximum Gasteiger partial charge on any atom is 0.226 e. The normalized spacial score (nSPS) is 32.3. The number of rotatable bonds is 1. The van der Waals surface area contributed by atoms with Gasteiger partial charge in [0.2, 0.25) is 5.91 Å². The Hall–Kier alpha value is -1.05. The zero-order valence-electron chi connectivity index (χ0n) is 11.1. The van der Waals surface area contributed by atoms with E-state index in [1.807, 2.05) is 0 Å². The van der Waals surface area contributed by atoms with Gasteiger partial charge in [0.25, 0.3) is 0 Å². The molecule has 1 fully saturated rings. The van der Waals surface area contributed by atoms with E-state index in [0.717, 1.165) is 25.9 Å². The fourth-order valence-electron chi connectivity index (χ4n) is 3.79. The van der Waals surface area contributed by atoms with E-state index in [-0.39, 0.29) is 5.92 Å². The quantitative estimate of drug-likeness (QED) is 0.649. The second-order valence-corrected chi connectivity index (χ2v) is 6.22. The number of likely N-dealkylation sites (tertiary alicyclic amines) is 1. The van der Waals surface area contributed by atoms with E-state index in [0.29, 0.717) is 11.3 Å². The van der Waals surface area contributed by atoms with Crippen LogP contribution in [-0.4, -0.2) is 23.9 Å². The third-order valence-electron chi connectivity index (χ3n) is 4.89. The maximum atomic E-state index is 12.5. The monoisotopic (exact) mass is 245 g/mol. The molecule has 1 spiro atoms. The van der Waals surface area contributed by atoms with Crippen LogP contribution in [0.2, 0.25) is 0 Å². The minimum atomic E-state index is 0.249. The molecule has 2 nitrogen and oxygen atoms in total. The van der Waals surface area contributed by atoms with E-state index in [2.05, 4.69) is 29.2 Å². The van der Waals surface area contributed by atoms with Gasteiger partial charge in [-0.1, -0.05) is 24.3 Å². The zero-order chi connectivity index (χ0) is 12.4. The van der Waals surface area contributed by atoms with E-state index >= 15 is 0 Å². The predicted octanol–water partition coefficient (Wildman–Crippen LogP) is 3.30. The Kier molecular flexibility index (Phi) is 3.27. The topological polar surface area (TPSA) is 20.3 Å². The number of hydrogen-bond acceptors (Lipinski definition) is 1. The standard InChI is InChI=1S/C16H23NO/c18-15(14-7-2-3-8-14)17-12-6-11-16(13-17)9-4-1-5-10-16/h1-4,14H,5-13H2. The average molecular weight is 245 g/mol. The van der Waals surface area contributed by atoms with E-state index in [1.165, 1.54) is 32.1 Å². The van der Waals surface area contributed by atoms with Crippen molar-refractivity contribution in [2.75, 3.05) is 13.1 Å². The first kappa shape index (κ1) is 12.0. The smallest absolute Gasteiger partial charge is 0.226 e. The van der Waals surface area contributed by atoms with Crippen LogP contribution in [-0.2, 0) is 4.79 Å². The number of carbonyl (C=O) groups is 1. The van der Waals surface area contributed by atoms with Crippen LogP contribution in [0.25, 0.3) is 0 Å². The van der Waals surface area contributed by atoms with Crippen molar-refractivity contribution in [3.8, 4) is 0 Å². The summed E-state index contributed by atoms with van der Waals surface area (Å²) in [4.78, 5) is 14.7. The van der Waals surface area contributed by atoms with Crippen molar-refractivity contribution in [3.05, 3.63) is 24.3 Å². The van der Waals surface area contributed by atoms with Crippen LogP contribution in [0.3, 0.4) is 0 Å². The molecular weight excluding hydrogens is 222 g/mol. The summed E-state index contributed by atoms with van der Waals surface area (Å²) < 4.78 is 0. The molecule has 0 radical (unpaired) electrons. The van der Waals surface area contributed by atoms with E-state index in [9.17, 15) is 4.79 Å². The summed E-state index contributed by atoms with van der Waals surface area (Å²) in [5, 5.41) is 0. The Morgan fingerprint density at radius 3 is 2.67 bits per heavy atom. The molecule has 1 unspecified atom stereocenters. The Bertz CT molecular complexity index is 377. The van der Waals surface area contributed by atoms with Crippen molar-refractivity contribution < 1.29 is 4.79 Å². The fourth-order valence-corrected chi connectivity index (χ4v) is 3.79. The van der Waals surface area contributed by atoms with Gasteiger partial charge in [-0.3, -0.25) is 4.79 Å². The number of amides is 1. The third kappa shape index (κ3) is 2.25. The summed E-state index contributed by atoms with van der Waals surface area (Å²) in [5.74, 6) is 0.660. The summed E-state index contributed by atoms with van der Waals surface area (Å²) in [7, 11) is 0. The SMILES string of the molecule is O=C(C1CC=CC1)N1CCCC2(CC=CCC2)C1. The van der Waals surface area contributed by atoms with Crippen LogP contribution >= 0.6 is 0 Å². The Morgan fingerprint density at radius 2 is 1.94 bits per heavy atom. The van der Waals surface area contributed by atoms with Gasteiger partial charge in [0.1, 0.15) is 0 Å². The van der Waals surface area contributed by atoms with Crippen LogP contribution in [0.5, 0.6) is 0 Å². The van der Waals surface area contributed by atoms with Crippen molar-refractivity contribution in [1.29, 1.82) is 0 Å². The molecule has 0 aromatic carbocycles. The number of piperidine rings is 1. The number of carbonyl (C=O) groups excluding carboxylic acids is 1. The highest BCUT2D eigenvalue weighted by Crippen LogP contribution is 2.41. The molecular formula is C16H23NO. The Labute approximate surface area is 110 Å². The van der Waals surface area contributed by atoms with Crippen molar-refractivity contribution in [2.45, 2.75) is 44.9 Å². The first-order valence-corrected chi connectivity index (χ1v) is 7.38. The van der Waals surface area contributed by atoms with Crippen molar-refractivity contribution in [3.63, 3.8) is 0 Å². The van der Waals surface area contributed by atoms with Crippen LogP contribution in [0.1, 0.15) is 44.9 Å². The second kappa shape index (κ2) is 4.91. The van der Waals surface area contributed by atoms with Gasteiger partial charge in [0.05, 0.1) is 0 Å². The van der Waals surface area contributed by atoms with E-state index in [1.54, 1.807) is 0 Å². The molecule has 1 amide bonds. The molecule has 1 atom stereocenters. The van der Waals surface area contributed by atoms with Crippen LogP contribution in [0.15, 0.2) is 24.3 Å². The first-order valence-electron chi connectivity index (χ1n) is 7.38. The van der Waals surface area contributed by atoms with Crippen LogP contribution in [0, 0.1) is 11.3 Å². The summed E-state index contributed by atoms with van der Waals surface area (Å²) in [6.07, 6.45) is 17.0. The number of hydrogen-bond donors (Lipinski definition) is 0. The average Bonchev–Trinajstić information content (AvgIpc) is 2.93. The van der Waals surface area contributed by atoms with Gasteiger partial charge in [-0.25, -0.2) is 0 Å². The Morgan fingerprint density at radius 1 is 1.11 bits per heavy atom. The number of nitrogens with zero attached hydrogens (tertiary/aromatic N) is 1. The molecule has 1 heterocycles. The lowest BCUT2D eigenvalue weighted by Gasteiger charge is -2.44. The molecule has 2 heteroatoms. The molecule has 0 N–H and O–H groups in total. The lowest BCUT2D eigenvalue weighted by atomic mass is 9.71. The van der Waals surface area contributed by atoms with Gasteiger partial charge in [0.15, 0.2) is 0 Å². The van der Waals surface area contributed by atoms with E-state index < -0.39 is 0 Å². The van der Waals surface area contributed by atoms with E-state index in [4.69, 9.17) is 0 Å². The minimum absolute atomic E-state index is 0.249. The molecule has 98 valence electrons. The molecule has 1 aliphatic heterocycles. The molecule has 1 saturated heterocycles. The molecule has 2 aliphatic carbocycles. The summed E-state index contributed by atoms with van der Waals surface area (Å²) >= 11 is 0. The largest absolute Gasteiger partial charge is 0.342 e. The first-order chi connectivity index (χ1) is 8.79. The summed E-state index contributed by atoms with van der Waals surface area (Å²) in [5.41, 5.74) is 0.411. The summed E-state index contributed by atoms with van der Waals surface area (Å²) in [6.45, 7) is 1.99. The summed E-state index contributed by atoms with van der Waals surface area (Å²) in [6, 6.07) is 0. The van der Waals surface area contributed by atoms with Crippen molar-refractivity contribution >= 4 is 5.91 Å². The van der Waals surface area contributed by atoms with Crippen LogP contribution < -0.4 is 0 Å².